The van der Waals surface area contributed by atoms with E-state index in [1.54, 1.807) is 12.3 Å². The fraction of sp³-hybridized carbons (Fsp3) is 0.571. The maximum Gasteiger partial charge on any atom is 0.272 e. The first-order chi connectivity index (χ1) is 8.68. The number of hydrogen-bond donors (Lipinski definition) is 0. The zero-order chi connectivity index (χ0) is 13.0. The largest absolute Gasteiger partial charge is 0.337 e. The second kappa shape index (κ2) is 6.32. The van der Waals surface area contributed by atoms with E-state index in [9.17, 15) is 4.79 Å². The van der Waals surface area contributed by atoms with E-state index >= 15 is 0 Å². The van der Waals surface area contributed by atoms with Gasteiger partial charge in [0, 0.05) is 23.8 Å². The number of nitrogens with zero attached hydrogens (tertiary/aromatic N) is 2. The smallest absolute Gasteiger partial charge is 0.272 e. The van der Waals surface area contributed by atoms with Crippen molar-refractivity contribution in [2.45, 2.75) is 44.6 Å². The number of halogens is 1. The van der Waals surface area contributed by atoms with Gasteiger partial charge in [-0.25, -0.2) is 4.98 Å². The van der Waals surface area contributed by atoms with Crippen molar-refractivity contribution < 1.29 is 4.79 Å². The van der Waals surface area contributed by atoms with Crippen LogP contribution >= 0.6 is 15.9 Å². The molecule has 1 fully saturated rings. The maximum absolute atomic E-state index is 12.3. The highest BCUT2D eigenvalue weighted by molar-refractivity contribution is 9.10. The average molecular weight is 311 g/mol. The molecule has 0 bridgehead atoms. The van der Waals surface area contributed by atoms with Crippen LogP contribution in [0.4, 0.5) is 0 Å². The molecule has 0 N–H and O–H groups in total. The van der Waals surface area contributed by atoms with Crippen molar-refractivity contribution in [2.75, 3.05) is 7.05 Å². The lowest BCUT2D eigenvalue weighted by atomic mass is 10.1. The average Bonchev–Trinajstić information content (AvgIpc) is 2.67. The SMILES string of the molecule is CN(C(=O)c1ccc(Br)cn1)C1CCCCCC1. The topological polar surface area (TPSA) is 33.2 Å². The van der Waals surface area contributed by atoms with Crippen LogP contribution in [-0.4, -0.2) is 28.9 Å². The molecule has 3 nitrogen and oxygen atoms in total. The van der Waals surface area contributed by atoms with Gasteiger partial charge in [-0.05, 0) is 40.9 Å². The van der Waals surface area contributed by atoms with Crippen LogP contribution in [0, 0.1) is 0 Å². The first-order valence-corrected chi connectivity index (χ1v) is 7.36. The summed E-state index contributed by atoms with van der Waals surface area (Å²) in [4.78, 5) is 18.4. The van der Waals surface area contributed by atoms with E-state index in [2.05, 4.69) is 20.9 Å². The standard InChI is InChI=1S/C14H19BrN2O/c1-17(12-6-4-2-3-5-7-12)14(18)13-9-8-11(15)10-16-13/h8-10,12H,2-7H2,1H3. The second-order valence-electron chi connectivity index (χ2n) is 4.92. The molecule has 0 aromatic carbocycles. The lowest BCUT2D eigenvalue weighted by Gasteiger charge is -2.26. The lowest BCUT2D eigenvalue weighted by Crippen LogP contribution is -2.37. The molecular formula is C14H19BrN2O. The highest BCUT2D eigenvalue weighted by Crippen LogP contribution is 2.22. The van der Waals surface area contributed by atoms with Crippen LogP contribution in [0.1, 0.15) is 49.0 Å². The molecule has 0 aliphatic heterocycles. The summed E-state index contributed by atoms with van der Waals surface area (Å²) < 4.78 is 0.899. The summed E-state index contributed by atoms with van der Waals surface area (Å²) in [6, 6.07) is 4.02. The molecule has 1 aromatic rings. The molecule has 1 aliphatic rings. The zero-order valence-electron chi connectivity index (χ0n) is 10.7. The summed E-state index contributed by atoms with van der Waals surface area (Å²) in [6.07, 6.45) is 8.99. The molecular weight excluding hydrogens is 292 g/mol. The van der Waals surface area contributed by atoms with Gasteiger partial charge in [-0.3, -0.25) is 4.79 Å². The van der Waals surface area contributed by atoms with E-state index in [0.29, 0.717) is 11.7 Å². The predicted molar refractivity (Wildman–Crippen MR) is 75.5 cm³/mol. The number of pyridine rings is 1. The summed E-state index contributed by atoms with van der Waals surface area (Å²) in [5.74, 6) is 0.0365. The van der Waals surface area contributed by atoms with Gasteiger partial charge in [0.25, 0.3) is 5.91 Å². The van der Waals surface area contributed by atoms with Gasteiger partial charge >= 0.3 is 0 Å². The van der Waals surface area contributed by atoms with Crippen molar-refractivity contribution >= 4 is 21.8 Å². The summed E-state index contributed by atoms with van der Waals surface area (Å²) in [7, 11) is 1.90. The molecule has 1 saturated carbocycles. The van der Waals surface area contributed by atoms with Crippen LogP contribution in [0.5, 0.6) is 0 Å². The van der Waals surface area contributed by atoms with Gasteiger partial charge in [0.2, 0.25) is 0 Å². The Morgan fingerprint density at radius 2 is 1.94 bits per heavy atom. The van der Waals surface area contributed by atoms with Crippen molar-refractivity contribution in [1.82, 2.24) is 9.88 Å². The van der Waals surface area contributed by atoms with Gasteiger partial charge in [-0.2, -0.15) is 0 Å². The summed E-state index contributed by atoms with van der Waals surface area (Å²) in [5, 5.41) is 0. The molecule has 2 rings (SSSR count). The second-order valence-corrected chi connectivity index (χ2v) is 5.84. The minimum atomic E-state index is 0.0365. The number of amides is 1. The summed E-state index contributed by atoms with van der Waals surface area (Å²) in [6.45, 7) is 0. The minimum Gasteiger partial charge on any atom is -0.337 e. The summed E-state index contributed by atoms with van der Waals surface area (Å²) in [5.41, 5.74) is 0.532. The third-order valence-corrected chi connectivity index (χ3v) is 4.11. The van der Waals surface area contributed by atoms with Crippen molar-refractivity contribution in [1.29, 1.82) is 0 Å². The Morgan fingerprint density at radius 1 is 1.28 bits per heavy atom. The maximum atomic E-state index is 12.3. The van der Waals surface area contributed by atoms with Crippen LogP contribution < -0.4 is 0 Å². The van der Waals surface area contributed by atoms with E-state index < -0.39 is 0 Å². The van der Waals surface area contributed by atoms with Crippen molar-refractivity contribution in [3.05, 3.63) is 28.5 Å². The molecule has 1 aliphatic carbocycles. The van der Waals surface area contributed by atoms with E-state index in [-0.39, 0.29) is 5.91 Å². The van der Waals surface area contributed by atoms with Crippen LogP contribution in [-0.2, 0) is 0 Å². The van der Waals surface area contributed by atoms with E-state index in [0.717, 1.165) is 17.3 Å². The highest BCUT2D eigenvalue weighted by Gasteiger charge is 2.22. The molecule has 18 heavy (non-hydrogen) atoms. The normalized spacial score (nSPS) is 17.2. The fourth-order valence-corrected chi connectivity index (χ4v) is 2.73. The minimum absolute atomic E-state index is 0.0365. The Balaban J connectivity index is 2.05. The quantitative estimate of drug-likeness (QED) is 0.781. The molecule has 1 amide bonds. The zero-order valence-corrected chi connectivity index (χ0v) is 12.3. The Bertz CT molecular complexity index is 397. The highest BCUT2D eigenvalue weighted by atomic mass is 79.9. The third kappa shape index (κ3) is 3.31. The van der Waals surface area contributed by atoms with Crippen molar-refractivity contribution in [3.8, 4) is 0 Å². The van der Waals surface area contributed by atoms with Crippen LogP contribution in [0.15, 0.2) is 22.8 Å². The number of hydrogen-bond acceptors (Lipinski definition) is 2. The Kier molecular flexibility index (Phi) is 4.75. The molecule has 0 atom stereocenters. The van der Waals surface area contributed by atoms with Crippen molar-refractivity contribution in [3.63, 3.8) is 0 Å². The predicted octanol–water partition coefficient (Wildman–Crippen LogP) is 3.64. The first-order valence-electron chi connectivity index (χ1n) is 6.57. The molecule has 4 heteroatoms. The fourth-order valence-electron chi connectivity index (χ4n) is 2.49. The monoisotopic (exact) mass is 310 g/mol. The van der Waals surface area contributed by atoms with Gasteiger partial charge in [0.1, 0.15) is 5.69 Å². The Morgan fingerprint density at radius 3 is 2.50 bits per heavy atom. The molecule has 1 heterocycles. The Hall–Kier alpha value is -0.900. The number of aromatic nitrogens is 1. The molecule has 0 saturated heterocycles. The third-order valence-electron chi connectivity index (χ3n) is 3.64. The molecule has 1 aromatic heterocycles. The summed E-state index contributed by atoms with van der Waals surface area (Å²) >= 11 is 3.33. The van der Waals surface area contributed by atoms with Gasteiger partial charge in [0.05, 0.1) is 0 Å². The van der Waals surface area contributed by atoms with E-state index in [4.69, 9.17) is 0 Å². The lowest BCUT2D eigenvalue weighted by molar-refractivity contribution is 0.0711. The molecule has 0 radical (unpaired) electrons. The first kappa shape index (κ1) is 13.5. The molecule has 98 valence electrons. The number of carbonyl (C=O) groups is 1. The van der Waals surface area contributed by atoms with Gasteiger partial charge < -0.3 is 4.90 Å². The molecule has 0 spiro atoms. The Labute approximate surface area is 117 Å². The van der Waals surface area contributed by atoms with E-state index in [1.165, 1.54) is 25.7 Å². The number of carbonyl (C=O) groups excluding carboxylic acids is 1. The van der Waals surface area contributed by atoms with E-state index in [1.807, 2.05) is 18.0 Å². The van der Waals surface area contributed by atoms with Crippen molar-refractivity contribution in [2.24, 2.45) is 0 Å². The van der Waals surface area contributed by atoms with Gasteiger partial charge in [0.15, 0.2) is 0 Å². The van der Waals surface area contributed by atoms with Gasteiger partial charge in [-0.1, -0.05) is 25.7 Å². The van der Waals surface area contributed by atoms with Crippen LogP contribution in [0.25, 0.3) is 0 Å². The van der Waals surface area contributed by atoms with Crippen LogP contribution in [0.2, 0.25) is 0 Å². The number of rotatable bonds is 2. The van der Waals surface area contributed by atoms with Gasteiger partial charge in [-0.15, -0.1) is 0 Å². The molecule has 0 unspecified atom stereocenters. The van der Waals surface area contributed by atoms with Crippen LogP contribution in [0.3, 0.4) is 0 Å².